The van der Waals surface area contributed by atoms with Gasteiger partial charge in [0.1, 0.15) is 17.4 Å². The van der Waals surface area contributed by atoms with Crippen LogP contribution in [0.2, 0.25) is 0 Å². The molecule has 27 heavy (non-hydrogen) atoms. The van der Waals surface area contributed by atoms with E-state index in [1.165, 1.54) is 11.8 Å². The highest BCUT2D eigenvalue weighted by molar-refractivity contribution is 6.06. The Bertz CT molecular complexity index is 816. The smallest absolute Gasteiger partial charge is 0.267 e. The van der Waals surface area contributed by atoms with Crippen LogP contribution in [-0.4, -0.2) is 19.6 Å². The van der Waals surface area contributed by atoms with Crippen LogP contribution >= 0.6 is 0 Å². The van der Waals surface area contributed by atoms with Crippen LogP contribution in [-0.2, 0) is 11.2 Å². The second kappa shape index (κ2) is 10.0. The maximum atomic E-state index is 12.2. The fourth-order valence-corrected chi connectivity index (χ4v) is 2.48. The minimum Gasteiger partial charge on any atom is -0.497 e. The molecular weight excluding hydrogens is 338 g/mol. The van der Waals surface area contributed by atoms with Gasteiger partial charge in [0.05, 0.1) is 7.11 Å². The molecule has 0 atom stereocenters. The lowest BCUT2D eigenvalue weighted by atomic mass is 10.0. The Morgan fingerprint density at radius 2 is 1.81 bits per heavy atom. The van der Waals surface area contributed by atoms with Gasteiger partial charge in [0, 0.05) is 18.4 Å². The van der Waals surface area contributed by atoms with E-state index in [9.17, 15) is 10.1 Å². The van der Waals surface area contributed by atoms with E-state index in [2.05, 4.69) is 24.5 Å². The lowest BCUT2D eigenvalue weighted by Crippen LogP contribution is -2.18. The van der Waals surface area contributed by atoms with Crippen molar-refractivity contribution in [3.8, 4) is 11.8 Å². The van der Waals surface area contributed by atoms with Crippen molar-refractivity contribution in [2.75, 3.05) is 19.0 Å². The van der Waals surface area contributed by atoms with E-state index in [1.54, 1.807) is 7.11 Å². The van der Waals surface area contributed by atoms with Crippen molar-refractivity contribution in [2.45, 2.75) is 26.2 Å². The molecule has 0 saturated heterocycles. The van der Waals surface area contributed by atoms with Crippen molar-refractivity contribution in [1.82, 2.24) is 5.32 Å². The van der Waals surface area contributed by atoms with Gasteiger partial charge in [0.25, 0.3) is 5.91 Å². The first kappa shape index (κ1) is 20.1. The number of hydrogen-bond acceptors (Lipinski definition) is 4. The average molecular weight is 363 g/mol. The summed E-state index contributed by atoms with van der Waals surface area (Å²) in [7, 11) is 1.63. The van der Waals surface area contributed by atoms with Crippen molar-refractivity contribution >= 4 is 11.6 Å². The van der Waals surface area contributed by atoms with Gasteiger partial charge >= 0.3 is 0 Å². The molecule has 0 saturated carbocycles. The molecule has 2 aromatic rings. The predicted molar refractivity (Wildman–Crippen MR) is 108 cm³/mol. The molecule has 0 spiro atoms. The van der Waals surface area contributed by atoms with Crippen LogP contribution < -0.4 is 15.4 Å². The van der Waals surface area contributed by atoms with Gasteiger partial charge in [-0.15, -0.1) is 0 Å². The highest BCUT2D eigenvalue weighted by atomic mass is 16.5. The quantitative estimate of drug-likeness (QED) is 0.422. The Labute approximate surface area is 160 Å². The summed E-state index contributed by atoms with van der Waals surface area (Å²) in [6.07, 6.45) is 2.23. The topological polar surface area (TPSA) is 74.1 Å². The van der Waals surface area contributed by atoms with Gasteiger partial charge < -0.3 is 15.4 Å². The predicted octanol–water partition coefficient (Wildman–Crippen LogP) is 4.00. The highest BCUT2D eigenvalue weighted by Crippen LogP contribution is 2.17. The van der Waals surface area contributed by atoms with Gasteiger partial charge in [0.2, 0.25) is 0 Å². The highest BCUT2D eigenvalue weighted by Gasteiger charge is 2.09. The van der Waals surface area contributed by atoms with Gasteiger partial charge in [-0.2, -0.15) is 5.26 Å². The summed E-state index contributed by atoms with van der Waals surface area (Å²) >= 11 is 0. The summed E-state index contributed by atoms with van der Waals surface area (Å²) in [5, 5.41) is 15.0. The Hall–Kier alpha value is -3.26. The Balaban J connectivity index is 1.86. The molecule has 2 rings (SSSR count). The molecule has 0 aliphatic heterocycles. The van der Waals surface area contributed by atoms with Crippen LogP contribution in [0.25, 0.3) is 0 Å². The molecule has 0 heterocycles. The largest absolute Gasteiger partial charge is 0.497 e. The number of anilines is 1. The van der Waals surface area contributed by atoms with Crippen LogP contribution in [0.4, 0.5) is 5.69 Å². The van der Waals surface area contributed by atoms with E-state index in [0.717, 1.165) is 17.7 Å². The fraction of sp³-hybridized carbons (Fsp3) is 0.273. The van der Waals surface area contributed by atoms with Crippen LogP contribution in [0, 0.1) is 11.3 Å². The number of benzene rings is 2. The van der Waals surface area contributed by atoms with Gasteiger partial charge in [-0.1, -0.05) is 38.1 Å². The maximum absolute atomic E-state index is 12.2. The minimum absolute atomic E-state index is 0.0395. The van der Waals surface area contributed by atoms with Crippen LogP contribution in [0.15, 0.2) is 60.3 Å². The molecule has 0 radical (unpaired) electrons. The third-order valence-corrected chi connectivity index (χ3v) is 4.16. The number of amides is 1. The third-order valence-electron chi connectivity index (χ3n) is 4.16. The number of nitrogens with zero attached hydrogens (tertiary/aromatic N) is 1. The number of carbonyl (C=O) groups is 1. The zero-order valence-corrected chi connectivity index (χ0v) is 16.0. The minimum atomic E-state index is -0.424. The average Bonchev–Trinajstić information content (AvgIpc) is 2.68. The summed E-state index contributed by atoms with van der Waals surface area (Å²) in [5.74, 6) is 0.822. The van der Waals surface area contributed by atoms with Crippen molar-refractivity contribution in [2.24, 2.45) is 0 Å². The fourth-order valence-electron chi connectivity index (χ4n) is 2.48. The van der Waals surface area contributed by atoms with Gasteiger partial charge in [-0.3, -0.25) is 4.79 Å². The Kier molecular flexibility index (Phi) is 7.45. The number of rotatable bonds is 8. The van der Waals surface area contributed by atoms with Gasteiger partial charge in [0.15, 0.2) is 0 Å². The van der Waals surface area contributed by atoms with Crippen LogP contribution in [0.1, 0.15) is 30.9 Å². The van der Waals surface area contributed by atoms with Crippen molar-refractivity contribution < 1.29 is 9.53 Å². The number of hydrogen-bond donors (Lipinski definition) is 2. The van der Waals surface area contributed by atoms with E-state index >= 15 is 0 Å². The third kappa shape index (κ3) is 6.19. The lowest BCUT2D eigenvalue weighted by molar-refractivity contribution is -0.112. The van der Waals surface area contributed by atoms with Crippen LogP contribution in [0.5, 0.6) is 5.75 Å². The molecular formula is C22H25N3O2. The molecule has 5 heteroatoms. The second-order valence-corrected chi connectivity index (χ2v) is 6.45. The molecule has 2 N–H and O–H groups in total. The number of nitrogens with one attached hydrogen (secondary N) is 2. The molecule has 0 aliphatic rings. The lowest BCUT2D eigenvalue weighted by Gasteiger charge is -2.08. The van der Waals surface area contributed by atoms with Crippen LogP contribution in [0.3, 0.4) is 0 Å². The van der Waals surface area contributed by atoms with E-state index < -0.39 is 5.91 Å². The Morgan fingerprint density at radius 1 is 1.15 bits per heavy atom. The molecule has 1 amide bonds. The van der Waals surface area contributed by atoms with E-state index in [0.29, 0.717) is 18.2 Å². The first-order chi connectivity index (χ1) is 13.0. The Morgan fingerprint density at radius 3 is 2.37 bits per heavy atom. The van der Waals surface area contributed by atoms with Crippen molar-refractivity contribution in [3.63, 3.8) is 0 Å². The summed E-state index contributed by atoms with van der Waals surface area (Å²) in [4.78, 5) is 12.2. The first-order valence-electron chi connectivity index (χ1n) is 8.91. The summed E-state index contributed by atoms with van der Waals surface area (Å²) in [6.45, 7) is 4.84. The monoisotopic (exact) mass is 363 g/mol. The van der Waals surface area contributed by atoms with Crippen molar-refractivity contribution in [1.29, 1.82) is 5.26 Å². The summed E-state index contributed by atoms with van der Waals surface area (Å²) < 4.78 is 5.13. The molecule has 140 valence electrons. The number of methoxy groups -OCH3 is 1. The van der Waals surface area contributed by atoms with Gasteiger partial charge in [-0.25, -0.2) is 0 Å². The molecule has 0 unspecified atom stereocenters. The molecule has 5 nitrogen and oxygen atoms in total. The van der Waals surface area contributed by atoms with E-state index in [4.69, 9.17) is 4.74 Å². The number of ether oxygens (including phenoxy) is 1. The van der Waals surface area contributed by atoms with Crippen molar-refractivity contribution in [3.05, 3.63) is 71.4 Å². The summed E-state index contributed by atoms with van der Waals surface area (Å²) in [5.41, 5.74) is 3.05. The van der Waals surface area contributed by atoms with E-state index in [-0.39, 0.29) is 5.57 Å². The van der Waals surface area contributed by atoms with E-state index in [1.807, 2.05) is 54.6 Å². The molecule has 0 aromatic heterocycles. The zero-order chi connectivity index (χ0) is 19.6. The molecule has 0 fully saturated rings. The summed E-state index contributed by atoms with van der Waals surface area (Å²) in [6, 6.07) is 17.4. The number of nitriles is 1. The molecule has 2 aromatic carbocycles. The SMILES string of the molecule is COc1ccc(CCN/C=C(/C#N)C(=O)Nc2ccc(C(C)C)cc2)cc1. The second-order valence-electron chi connectivity index (χ2n) is 6.45. The molecule has 0 aliphatic carbocycles. The zero-order valence-electron chi connectivity index (χ0n) is 16.0. The number of carbonyl (C=O) groups excluding carboxylic acids is 1. The maximum Gasteiger partial charge on any atom is 0.267 e. The molecule has 0 bridgehead atoms. The normalized spacial score (nSPS) is 11.0. The standard InChI is InChI=1S/C22H25N3O2/c1-16(2)18-6-8-20(9-7-18)25-22(26)19(14-23)15-24-13-12-17-4-10-21(27-3)11-5-17/h4-11,15-16,24H,12-13H2,1-3H3,(H,25,26)/b19-15-. The van der Waals surface area contributed by atoms with Gasteiger partial charge in [-0.05, 0) is 47.7 Å². The first-order valence-corrected chi connectivity index (χ1v) is 8.91.